The van der Waals surface area contributed by atoms with Gasteiger partial charge in [-0.2, -0.15) is 4.31 Å². The van der Waals surface area contributed by atoms with Crippen LogP contribution in [0.5, 0.6) is 11.5 Å². The van der Waals surface area contributed by atoms with Crippen molar-refractivity contribution in [2.24, 2.45) is 0 Å². The first kappa shape index (κ1) is 22.3. The fraction of sp³-hybridized carbons (Fsp3) is 0.174. The molecule has 3 aromatic carbocycles. The monoisotopic (exact) mass is 440 g/mol. The van der Waals surface area contributed by atoms with Crippen LogP contribution in [-0.4, -0.2) is 39.4 Å². The summed E-state index contributed by atoms with van der Waals surface area (Å²) in [6, 6.07) is 22.2. The van der Waals surface area contributed by atoms with E-state index in [-0.39, 0.29) is 18.0 Å². The summed E-state index contributed by atoms with van der Waals surface area (Å²) in [6.45, 7) is -0.312. The molecule has 0 saturated heterocycles. The van der Waals surface area contributed by atoms with Crippen LogP contribution in [-0.2, 0) is 21.4 Å². The molecule has 0 heterocycles. The summed E-state index contributed by atoms with van der Waals surface area (Å²) >= 11 is 0. The lowest BCUT2D eigenvalue weighted by Gasteiger charge is -2.22. The molecule has 162 valence electrons. The summed E-state index contributed by atoms with van der Waals surface area (Å²) in [5.41, 5.74) is 1.16. The van der Waals surface area contributed by atoms with Crippen LogP contribution in [0.4, 0.5) is 5.69 Å². The third kappa shape index (κ3) is 5.62. The first-order valence-corrected chi connectivity index (χ1v) is 11.0. The number of carbonyl (C=O) groups is 1. The van der Waals surface area contributed by atoms with Crippen molar-refractivity contribution in [2.45, 2.75) is 11.4 Å². The van der Waals surface area contributed by atoms with Crippen LogP contribution < -0.4 is 14.8 Å². The van der Waals surface area contributed by atoms with E-state index in [1.54, 1.807) is 36.4 Å². The van der Waals surface area contributed by atoms with Gasteiger partial charge in [0.05, 0.1) is 31.3 Å². The summed E-state index contributed by atoms with van der Waals surface area (Å²) in [5, 5.41) is 2.73. The first-order valence-electron chi connectivity index (χ1n) is 9.55. The number of ether oxygens (including phenoxy) is 2. The van der Waals surface area contributed by atoms with E-state index in [1.165, 1.54) is 26.4 Å². The van der Waals surface area contributed by atoms with E-state index in [2.05, 4.69) is 5.32 Å². The summed E-state index contributed by atoms with van der Waals surface area (Å²) in [5.74, 6) is 0.478. The standard InChI is InChI=1S/C23H24N2O5S/c1-29-19-13-14-22(30-2)21(15-19)24-23(26)17-25(16-18-9-5-3-6-10-18)31(27,28)20-11-7-4-8-12-20/h3-15H,16-17H2,1-2H3,(H,24,26). The SMILES string of the molecule is COc1ccc(OC)c(NC(=O)CN(Cc2ccccc2)S(=O)(=O)c2ccccc2)c1. The molecule has 0 spiro atoms. The number of methoxy groups -OCH3 is 2. The molecule has 1 amide bonds. The van der Waals surface area contributed by atoms with E-state index in [0.29, 0.717) is 17.2 Å². The van der Waals surface area contributed by atoms with Crippen molar-refractivity contribution in [3.8, 4) is 11.5 Å². The molecule has 0 aliphatic heterocycles. The number of hydrogen-bond donors (Lipinski definition) is 1. The van der Waals surface area contributed by atoms with Crippen molar-refractivity contribution in [1.29, 1.82) is 0 Å². The average molecular weight is 441 g/mol. The third-order valence-corrected chi connectivity index (χ3v) is 6.39. The van der Waals surface area contributed by atoms with Gasteiger partial charge in [0.15, 0.2) is 0 Å². The Morgan fingerprint density at radius 3 is 2.16 bits per heavy atom. The predicted molar refractivity (Wildman–Crippen MR) is 119 cm³/mol. The number of nitrogens with one attached hydrogen (secondary N) is 1. The Labute approximate surface area is 182 Å². The lowest BCUT2D eigenvalue weighted by molar-refractivity contribution is -0.116. The number of rotatable bonds is 9. The second-order valence-electron chi connectivity index (χ2n) is 6.69. The maximum Gasteiger partial charge on any atom is 0.243 e. The van der Waals surface area contributed by atoms with Gasteiger partial charge in [-0.05, 0) is 29.8 Å². The number of carbonyl (C=O) groups excluding carboxylic acids is 1. The predicted octanol–water partition coefficient (Wildman–Crippen LogP) is 3.53. The topological polar surface area (TPSA) is 84.9 Å². The van der Waals surface area contributed by atoms with E-state index in [9.17, 15) is 13.2 Å². The van der Waals surface area contributed by atoms with Crippen LogP contribution in [0.15, 0.2) is 83.8 Å². The van der Waals surface area contributed by atoms with Gasteiger partial charge in [-0.25, -0.2) is 8.42 Å². The first-order chi connectivity index (χ1) is 14.9. The molecule has 0 radical (unpaired) electrons. The molecule has 0 saturated carbocycles. The Balaban J connectivity index is 1.87. The maximum atomic E-state index is 13.2. The summed E-state index contributed by atoms with van der Waals surface area (Å²) in [6.07, 6.45) is 0. The highest BCUT2D eigenvalue weighted by molar-refractivity contribution is 7.89. The number of anilines is 1. The fourth-order valence-electron chi connectivity index (χ4n) is 3.02. The van der Waals surface area contributed by atoms with Gasteiger partial charge in [-0.1, -0.05) is 48.5 Å². The maximum absolute atomic E-state index is 13.2. The van der Waals surface area contributed by atoms with Crippen LogP contribution >= 0.6 is 0 Å². The van der Waals surface area contributed by atoms with Gasteiger partial charge in [0.25, 0.3) is 0 Å². The minimum Gasteiger partial charge on any atom is -0.497 e. The molecule has 7 nitrogen and oxygen atoms in total. The average Bonchev–Trinajstić information content (AvgIpc) is 2.79. The largest absolute Gasteiger partial charge is 0.497 e. The zero-order valence-electron chi connectivity index (χ0n) is 17.3. The highest BCUT2D eigenvalue weighted by Crippen LogP contribution is 2.29. The smallest absolute Gasteiger partial charge is 0.243 e. The highest BCUT2D eigenvalue weighted by atomic mass is 32.2. The van der Waals surface area contributed by atoms with Gasteiger partial charge in [0.2, 0.25) is 15.9 Å². The molecule has 0 bridgehead atoms. The highest BCUT2D eigenvalue weighted by Gasteiger charge is 2.27. The van der Waals surface area contributed by atoms with Crippen LogP contribution in [0.3, 0.4) is 0 Å². The number of sulfonamides is 1. The lowest BCUT2D eigenvalue weighted by atomic mass is 10.2. The quantitative estimate of drug-likeness (QED) is 0.550. The molecule has 0 atom stereocenters. The normalized spacial score (nSPS) is 11.2. The number of nitrogens with zero attached hydrogens (tertiary/aromatic N) is 1. The molecule has 3 aromatic rings. The van der Waals surface area contributed by atoms with E-state index >= 15 is 0 Å². The Bertz CT molecular complexity index is 1120. The molecule has 0 unspecified atom stereocenters. The third-order valence-electron chi connectivity index (χ3n) is 4.58. The van der Waals surface area contributed by atoms with Crippen molar-refractivity contribution in [3.63, 3.8) is 0 Å². The Kier molecular flexibility index (Phi) is 7.28. The van der Waals surface area contributed by atoms with Crippen molar-refractivity contribution in [3.05, 3.63) is 84.4 Å². The molecule has 0 aromatic heterocycles. The van der Waals surface area contributed by atoms with Gasteiger partial charge in [0.1, 0.15) is 11.5 Å². The minimum atomic E-state index is -3.90. The van der Waals surface area contributed by atoms with Gasteiger partial charge in [-0.3, -0.25) is 4.79 Å². The van der Waals surface area contributed by atoms with Crippen LogP contribution in [0.25, 0.3) is 0 Å². The number of hydrogen-bond acceptors (Lipinski definition) is 5. The Morgan fingerprint density at radius 2 is 1.55 bits per heavy atom. The van der Waals surface area contributed by atoms with E-state index in [1.807, 2.05) is 30.3 Å². The summed E-state index contributed by atoms with van der Waals surface area (Å²) in [7, 11) is -0.898. The Morgan fingerprint density at radius 1 is 0.903 bits per heavy atom. The van der Waals surface area contributed by atoms with Crippen LogP contribution in [0.2, 0.25) is 0 Å². The summed E-state index contributed by atoms with van der Waals surface area (Å²) < 4.78 is 38.1. The molecule has 1 N–H and O–H groups in total. The summed E-state index contributed by atoms with van der Waals surface area (Å²) in [4.78, 5) is 13.0. The van der Waals surface area contributed by atoms with E-state index < -0.39 is 15.9 Å². The van der Waals surface area contributed by atoms with Gasteiger partial charge < -0.3 is 14.8 Å². The van der Waals surface area contributed by atoms with Crippen molar-refractivity contribution in [1.82, 2.24) is 4.31 Å². The molecular formula is C23H24N2O5S. The second-order valence-corrected chi connectivity index (χ2v) is 8.62. The van der Waals surface area contributed by atoms with E-state index in [0.717, 1.165) is 9.87 Å². The van der Waals surface area contributed by atoms with Gasteiger partial charge >= 0.3 is 0 Å². The second kappa shape index (κ2) is 10.1. The molecule has 8 heteroatoms. The lowest BCUT2D eigenvalue weighted by Crippen LogP contribution is -2.37. The van der Waals surface area contributed by atoms with Crippen molar-refractivity contribution >= 4 is 21.6 Å². The Hall–Kier alpha value is -3.36. The number of benzene rings is 3. The molecule has 31 heavy (non-hydrogen) atoms. The molecule has 3 rings (SSSR count). The zero-order valence-corrected chi connectivity index (χ0v) is 18.1. The van der Waals surface area contributed by atoms with E-state index in [4.69, 9.17) is 9.47 Å². The zero-order chi connectivity index (χ0) is 22.3. The van der Waals surface area contributed by atoms with Gasteiger partial charge in [0, 0.05) is 12.6 Å². The van der Waals surface area contributed by atoms with Crippen LogP contribution in [0.1, 0.15) is 5.56 Å². The number of amides is 1. The molecule has 0 fully saturated rings. The van der Waals surface area contributed by atoms with Crippen molar-refractivity contribution in [2.75, 3.05) is 26.1 Å². The molecule has 0 aliphatic carbocycles. The minimum absolute atomic E-state index is 0.0563. The van der Waals surface area contributed by atoms with Crippen LogP contribution in [0, 0.1) is 0 Å². The van der Waals surface area contributed by atoms with Crippen molar-refractivity contribution < 1.29 is 22.7 Å². The molecular weight excluding hydrogens is 416 g/mol. The fourth-order valence-corrected chi connectivity index (χ4v) is 4.42. The van der Waals surface area contributed by atoms with Gasteiger partial charge in [-0.15, -0.1) is 0 Å². The molecule has 0 aliphatic rings.